The van der Waals surface area contributed by atoms with E-state index < -0.39 is 0 Å². The van der Waals surface area contributed by atoms with Crippen LogP contribution in [0, 0.1) is 46.3 Å². The van der Waals surface area contributed by atoms with Gasteiger partial charge in [0.2, 0.25) is 0 Å². The van der Waals surface area contributed by atoms with E-state index in [1.165, 1.54) is 45.6 Å². The molecule has 0 saturated heterocycles. The first-order chi connectivity index (χ1) is 14.8. The number of hydrogen-bond donors (Lipinski definition) is 0. The Labute approximate surface area is 191 Å². The summed E-state index contributed by atoms with van der Waals surface area (Å²) >= 11 is 0. The van der Waals surface area contributed by atoms with E-state index in [0.717, 1.165) is 55.8 Å². The van der Waals surface area contributed by atoms with E-state index in [-0.39, 0.29) is 5.97 Å². The number of esters is 1. The first-order valence-electron chi connectivity index (χ1n) is 13.4. The van der Waals surface area contributed by atoms with Crippen molar-refractivity contribution in [1.29, 1.82) is 0 Å². The van der Waals surface area contributed by atoms with Gasteiger partial charge in [0.25, 0.3) is 0 Å². The molecule has 4 aliphatic rings. The van der Waals surface area contributed by atoms with Gasteiger partial charge >= 0.3 is 5.97 Å². The normalized spacial score (nSPS) is 42.4. The van der Waals surface area contributed by atoms with Crippen molar-refractivity contribution in [3.63, 3.8) is 0 Å². The van der Waals surface area contributed by atoms with Crippen LogP contribution in [0.2, 0.25) is 0 Å². The Bertz CT molecular complexity index is 642. The number of carbonyl (C=O) groups is 2. The van der Waals surface area contributed by atoms with Crippen LogP contribution < -0.4 is 0 Å². The van der Waals surface area contributed by atoms with Crippen molar-refractivity contribution >= 4 is 11.8 Å². The number of ketones is 1. The molecule has 0 aliphatic heterocycles. The van der Waals surface area contributed by atoms with Crippen LogP contribution in [0.4, 0.5) is 0 Å². The fourth-order valence-electron chi connectivity index (χ4n) is 8.89. The molecule has 0 N–H and O–H groups in total. The van der Waals surface area contributed by atoms with Crippen molar-refractivity contribution in [2.24, 2.45) is 46.3 Å². The number of ether oxygens (including phenoxy) is 1. The minimum atomic E-state index is -0.0656. The summed E-state index contributed by atoms with van der Waals surface area (Å²) < 4.78 is 4.82. The van der Waals surface area contributed by atoms with Gasteiger partial charge < -0.3 is 4.74 Å². The SMILES string of the molecule is CC.COC(=O)CCC[C@@H](C)[C@H]1CC[C@H]2[C@@H]3CC[C@H]4CC(=O)CC[C@]4(C)[C@H]3CC[C@]12C. The van der Waals surface area contributed by atoms with Crippen LogP contribution >= 0.6 is 0 Å². The third-order valence-corrected chi connectivity index (χ3v) is 10.5. The molecule has 0 spiro atoms. The lowest BCUT2D eigenvalue weighted by Gasteiger charge is -2.60. The van der Waals surface area contributed by atoms with Crippen LogP contribution in [0.15, 0.2) is 0 Å². The van der Waals surface area contributed by atoms with E-state index in [2.05, 4.69) is 20.8 Å². The third-order valence-electron chi connectivity index (χ3n) is 10.5. The highest BCUT2D eigenvalue weighted by Gasteiger charge is 2.60. The van der Waals surface area contributed by atoms with E-state index in [1.54, 1.807) is 0 Å². The fourth-order valence-corrected chi connectivity index (χ4v) is 8.89. The van der Waals surface area contributed by atoms with E-state index in [1.807, 2.05) is 13.8 Å². The molecule has 0 unspecified atom stereocenters. The number of hydrogen-bond acceptors (Lipinski definition) is 3. The molecule has 0 bridgehead atoms. The highest BCUT2D eigenvalue weighted by molar-refractivity contribution is 5.79. The van der Waals surface area contributed by atoms with Crippen LogP contribution in [0.25, 0.3) is 0 Å². The summed E-state index contributed by atoms with van der Waals surface area (Å²) in [6.45, 7) is 11.6. The van der Waals surface area contributed by atoms with Gasteiger partial charge in [-0.05, 0) is 104 Å². The molecular formula is C28H48O3. The highest BCUT2D eigenvalue weighted by Crippen LogP contribution is 2.68. The summed E-state index contributed by atoms with van der Waals surface area (Å²) in [5, 5.41) is 0. The van der Waals surface area contributed by atoms with Crippen LogP contribution in [0.3, 0.4) is 0 Å². The molecule has 178 valence electrons. The van der Waals surface area contributed by atoms with E-state index in [9.17, 15) is 9.59 Å². The standard InChI is InChI=1S/C26H42O3.C2H6/c1-17(6-5-7-24(28)29-4)21-10-11-22-20-9-8-18-16-19(27)12-14-25(18,2)23(20)13-15-26(21,22)3;1-2/h17-18,20-23H,5-16H2,1-4H3;1-2H3/t17-,18+,20+,21-,22+,23+,25+,26-;/m1./s1. The summed E-state index contributed by atoms with van der Waals surface area (Å²) in [6.07, 6.45) is 13.7. The molecular weight excluding hydrogens is 384 g/mol. The van der Waals surface area contributed by atoms with Crippen LogP contribution in [-0.2, 0) is 14.3 Å². The van der Waals surface area contributed by atoms with Gasteiger partial charge in [-0.1, -0.05) is 34.6 Å². The average molecular weight is 433 g/mol. The molecule has 4 rings (SSSR count). The molecule has 8 atom stereocenters. The van der Waals surface area contributed by atoms with Crippen LogP contribution in [-0.4, -0.2) is 18.9 Å². The van der Waals surface area contributed by atoms with Gasteiger partial charge in [-0.15, -0.1) is 0 Å². The maximum Gasteiger partial charge on any atom is 0.305 e. The summed E-state index contributed by atoms with van der Waals surface area (Å²) in [5.74, 6) is 5.23. The molecule has 0 aromatic rings. The Morgan fingerprint density at radius 3 is 2.45 bits per heavy atom. The largest absolute Gasteiger partial charge is 0.469 e. The van der Waals surface area contributed by atoms with Crippen LogP contribution in [0.1, 0.15) is 112 Å². The maximum absolute atomic E-state index is 12.1. The Morgan fingerprint density at radius 2 is 1.74 bits per heavy atom. The fraction of sp³-hybridized carbons (Fsp3) is 0.929. The molecule has 3 heteroatoms. The van der Waals surface area contributed by atoms with Gasteiger partial charge in [-0.25, -0.2) is 0 Å². The summed E-state index contributed by atoms with van der Waals surface area (Å²) in [7, 11) is 1.49. The van der Waals surface area contributed by atoms with E-state index in [0.29, 0.717) is 34.9 Å². The molecule has 4 saturated carbocycles. The first-order valence-corrected chi connectivity index (χ1v) is 13.4. The van der Waals surface area contributed by atoms with Crippen LogP contribution in [0.5, 0.6) is 0 Å². The molecule has 31 heavy (non-hydrogen) atoms. The molecule has 0 aromatic carbocycles. The van der Waals surface area contributed by atoms with E-state index >= 15 is 0 Å². The first kappa shape index (κ1) is 24.8. The molecule has 0 heterocycles. The maximum atomic E-state index is 12.1. The van der Waals surface area contributed by atoms with Gasteiger partial charge in [0.15, 0.2) is 0 Å². The molecule has 0 amide bonds. The number of methoxy groups -OCH3 is 1. The predicted molar refractivity (Wildman–Crippen MR) is 127 cm³/mol. The highest BCUT2D eigenvalue weighted by atomic mass is 16.5. The second-order valence-corrected chi connectivity index (χ2v) is 11.6. The molecule has 0 radical (unpaired) electrons. The Hall–Kier alpha value is -0.860. The van der Waals surface area contributed by atoms with Crippen molar-refractivity contribution < 1.29 is 14.3 Å². The van der Waals surface area contributed by atoms with Crippen molar-refractivity contribution in [2.75, 3.05) is 7.11 Å². The molecule has 3 nitrogen and oxygen atoms in total. The molecule has 0 aromatic heterocycles. The van der Waals surface area contributed by atoms with Crippen molar-refractivity contribution in [3.05, 3.63) is 0 Å². The topological polar surface area (TPSA) is 43.4 Å². The lowest BCUT2D eigenvalue weighted by Crippen LogP contribution is -2.53. The summed E-state index contributed by atoms with van der Waals surface area (Å²) in [5.41, 5.74) is 0.905. The zero-order valence-electron chi connectivity index (χ0n) is 21.2. The summed E-state index contributed by atoms with van der Waals surface area (Å²) in [4.78, 5) is 23.6. The smallest absolute Gasteiger partial charge is 0.305 e. The molecule has 4 aliphatic carbocycles. The zero-order valence-corrected chi connectivity index (χ0v) is 21.2. The van der Waals surface area contributed by atoms with Gasteiger partial charge in [-0.3, -0.25) is 9.59 Å². The van der Waals surface area contributed by atoms with Crippen molar-refractivity contribution in [3.8, 4) is 0 Å². The summed E-state index contributed by atoms with van der Waals surface area (Å²) in [6, 6.07) is 0. The van der Waals surface area contributed by atoms with Crippen molar-refractivity contribution in [2.45, 2.75) is 112 Å². The number of fused-ring (bicyclic) bond motifs is 5. The Kier molecular flexibility index (Phi) is 7.96. The van der Waals surface area contributed by atoms with Gasteiger partial charge in [-0.2, -0.15) is 0 Å². The van der Waals surface area contributed by atoms with Gasteiger partial charge in [0, 0.05) is 19.3 Å². The minimum absolute atomic E-state index is 0.0656. The average Bonchev–Trinajstić information content (AvgIpc) is 3.12. The zero-order chi connectivity index (χ0) is 22.8. The number of carbonyl (C=O) groups excluding carboxylic acids is 2. The third kappa shape index (κ3) is 4.49. The lowest BCUT2D eigenvalue weighted by molar-refractivity contribution is -0.141. The number of rotatable bonds is 5. The quantitative estimate of drug-likeness (QED) is 0.431. The molecule has 4 fully saturated rings. The van der Waals surface area contributed by atoms with Gasteiger partial charge in [0.05, 0.1) is 7.11 Å². The Balaban J connectivity index is 0.00000132. The minimum Gasteiger partial charge on any atom is -0.469 e. The Morgan fingerprint density at radius 1 is 1.03 bits per heavy atom. The van der Waals surface area contributed by atoms with E-state index in [4.69, 9.17) is 4.74 Å². The monoisotopic (exact) mass is 432 g/mol. The predicted octanol–water partition coefficient (Wildman–Crippen LogP) is 7.22. The number of Topliss-reactive ketones (excluding diaryl/α,β-unsaturated/α-hetero) is 1. The van der Waals surface area contributed by atoms with Gasteiger partial charge in [0.1, 0.15) is 5.78 Å². The second kappa shape index (κ2) is 9.96. The lowest BCUT2D eigenvalue weighted by atomic mass is 9.44. The second-order valence-electron chi connectivity index (χ2n) is 11.6. The van der Waals surface area contributed by atoms with Crippen molar-refractivity contribution in [1.82, 2.24) is 0 Å².